The van der Waals surface area contributed by atoms with E-state index in [0.717, 1.165) is 16.9 Å². The zero-order valence-electron chi connectivity index (χ0n) is 11.9. The van der Waals surface area contributed by atoms with Gasteiger partial charge in [0.1, 0.15) is 0 Å². The third-order valence-corrected chi connectivity index (χ3v) is 3.83. The van der Waals surface area contributed by atoms with Crippen molar-refractivity contribution in [2.45, 2.75) is 26.2 Å². The maximum atomic E-state index is 6.16. The standard InChI is InChI=1S/C17H17ClN2/c1-17(2,3)13-8-6-12(7-9-13)15-11-19-16-14(18)5-4-10-20(15)16/h4-11H,1-3H3. The summed E-state index contributed by atoms with van der Waals surface area (Å²) in [5, 5.41) is 0.671. The first-order valence-electron chi connectivity index (χ1n) is 6.69. The highest BCUT2D eigenvalue weighted by Gasteiger charge is 2.14. The molecule has 20 heavy (non-hydrogen) atoms. The Labute approximate surface area is 124 Å². The number of halogens is 1. The molecule has 2 aromatic heterocycles. The molecule has 0 unspecified atom stereocenters. The number of nitrogens with zero attached hydrogens (tertiary/aromatic N) is 2. The Bertz CT molecular complexity index is 749. The Morgan fingerprint density at radius 2 is 1.75 bits per heavy atom. The van der Waals surface area contributed by atoms with Crippen molar-refractivity contribution in [1.82, 2.24) is 9.38 Å². The normalized spacial score (nSPS) is 12.0. The zero-order chi connectivity index (χ0) is 14.3. The summed E-state index contributed by atoms with van der Waals surface area (Å²) in [7, 11) is 0. The first-order valence-corrected chi connectivity index (χ1v) is 7.07. The van der Waals surface area contributed by atoms with E-state index < -0.39 is 0 Å². The van der Waals surface area contributed by atoms with Crippen LogP contribution in [0.3, 0.4) is 0 Å². The van der Waals surface area contributed by atoms with Gasteiger partial charge in [-0.15, -0.1) is 0 Å². The number of imidazole rings is 1. The van der Waals surface area contributed by atoms with Gasteiger partial charge in [0.15, 0.2) is 5.65 Å². The maximum absolute atomic E-state index is 6.16. The molecule has 0 aliphatic heterocycles. The molecule has 2 nitrogen and oxygen atoms in total. The Hall–Kier alpha value is -1.80. The Morgan fingerprint density at radius 3 is 2.40 bits per heavy atom. The van der Waals surface area contributed by atoms with E-state index in [2.05, 4.69) is 50.0 Å². The first kappa shape index (κ1) is 13.2. The monoisotopic (exact) mass is 284 g/mol. The summed E-state index contributed by atoms with van der Waals surface area (Å²) in [5.74, 6) is 0. The van der Waals surface area contributed by atoms with Crippen molar-refractivity contribution in [3.05, 3.63) is 59.4 Å². The number of pyridine rings is 1. The highest BCUT2D eigenvalue weighted by molar-refractivity contribution is 6.33. The Balaban J connectivity index is 2.10. The van der Waals surface area contributed by atoms with Crippen molar-refractivity contribution in [3.8, 4) is 11.3 Å². The van der Waals surface area contributed by atoms with Crippen molar-refractivity contribution in [2.24, 2.45) is 0 Å². The molecule has 0 amide bonds. The van der Waals surface area contributed by atoms with E-state index in [1.807, 2.05) is 28.9 Å². The molecule has 3 rings (SSSR count). The first-order chi connectivity index (χ1) is 9.47. The van der Waals surface area contributed by atoms with Gasteiger partial charge in [0, 0.05) is 11.8 Å². The van der Waals surface area contributed by atoms with E-state index in [4.69, 9.17) is 11.6 Å². The van der Waals surface area contributed by atoms with Crippen LogP contribution in [0.1, 0.15) is 26.3 Å². The van der Waals surface area contributed by atoms with Gasteiger partial charge in [-0.05, 0) is 23.1 Å². The van der Waals surface area contributed by atoms with Crippen LogP contribution in [0.15, 0.2) is 48.8 Å². The molecule has 0 saturated carbocycles. The number of aromatic nitrogens is 2. The third-order valence-electron chi connectivity index (χ3n) is 3.53. The van der Waals surface area contributed by atoms with Gasteiger partial charge >= 0.3 is 0 Å². The van der Waals surface area contributed by atoms with E-state index in [1.165, 1.54) is 5.56 Å². The van der Waals surface area contributed by atoms with Gasteiger partial charge in [-0.2, -0.15) is 0 Å². The molecule has 0 aliphatic carbocycles. The predicted octanol–water partition coefficient (Wildman–Crippen LogP) is 4.95. The average molecular weight is 285 g/mol. The minimum absolute atomic E-state index is 0.168. The molecule has 0 atom stereocenters. The molecule has 0 N–H and O–H groups in total. The summed E-state index contributed by atoms with van der Waals surface area (Å²) in [6.45, 7) is 6.65. The van der Waals surface area contributed by atoms with E-state index in [9.17, 15) is 0 Å². The van der Waals surface area contributed by atoms with Crippen LogP contribution in [-0.4, -0.2) is 9.38 Å². The second-order valence-corrected chi connectivity index (χ2v) is 6.43. The van der Waals surface area contributed by atoms with Crippen molar-refractivity contribution >= 4 is 17.2 Å². The van der Waals surface area contributed by atoms with Gasteiger partial charge in [0.05, 0.1) is 16.9 Å². The smallest absolute Gasteiger partial charge is 0.156 e. The van der Waals surface area contributed by atoms with E-state index >= 15 is 0 Å². The number of hydrogen-bond donors (Lipinski definition) is 0. The fourth-order valence-corrected chi connectivity index (χ4v) is 2.54. The van der Waals surface area contributed by atoms with Crippen molar-refractivity contribution < 1.29 is 0 Å². The molecule has 0 aliphatic rings. The van der Waals surface area contributed by atoms with Gasteiger partial charge in [0.25, 0.3) is 0 Å². The lowest BCUT2D eigenvalue weighted by molar-refractivity contribution is 0.590. The minimum atomic E-state index is 0.168. The SMILES string of the molecule is CC(C)(C)c1ccc(-c2cnc3c(Cl)cccn23)cc1. The summed E-state index contributed by atoms with van der Waals surface area (Å²) >= 11 is 6.16. The summed E-state index contributed by atoms with van der Waals surface area (Å²) < 4.78 is 2.02. The van der Waals surface area contributed by atoms with Crippen molar-refractivity contribution in [3.63, 3.8) is 0 Å². The van der Waals surface area contributed by atoms with Crippen LogP contribution >= 0.6 is 11.6 Å². The van der Waals surface area contributed by atoms with Gasteiger partial charge in [-0.3, -0.25) is 4.40 Å². The molecule has 0 fully saturated rings. The lowest BCUT2D eigenvalue weighted by Crippen LogP contribution is -2.10. The molecule has 0 bridgehead atoms. The molecule has 3 heteroatoms. The number of hydrogen-bond acceptors (Lipinski definition) is 1. The molecule has 1 aromatic carbocycles. The summed E-state index contributed by atoms with van der Waals surface area (Å²) in [4.78, 5) is 4.40. The average Bonchev–Trinajstić information content (AvgIpc) is 2.83. The largest absolute Gasteiger partial charge is 0.298 e. The number of rotatable bonds is 1. The van der Waals surface area contributed by atoms with Crippen LogP contribution < -0.4 is 0 Å². The van der Waals surface area contributed by atoms with Crippen LogP contribution in [-0.2, 0) is 5.41 Å². The molecular weight excluding hydrogens is 268 g/mol. The Morgan fingerprint density at radius 1 is 1.05 bits per heavy atom. The highest BCUT2D eigenvalue weighted by Crippen LogP contribution is 2.27. The van der Waals surface area contributed by atoms with Gasteiger partial charge < -0.3 is 0 Å². The highest BCUT2D eigenvalue weighted by atomic mass is 35.5. The van der Waals surface area contributed by atoms with Gasteiger partial charge in [0.2, 0.25) is 0 Å². The van der Waals surface area contributed by atoms with E-state index in [-0.39, 0.29) is 5.41 Å². The topological polar surface area (TPSA) is 17.3 Å². The fraction of sp³-hybridized carbons (Fsp3) is 0.235. The van der Waals surface area contributed by atoms with Crippen LogP contribution in [0.5, 0.6) is 0 Å². The second-order valence-electron chi connectivity index (χ2n) is 6.02. The van der Waals surface area contributed by atoms with Gasteiger partial charge in [-0.25, -0.2) is 4.98 Å². The number of fused-ring (bicyclic) bond motifs is 1. The summed E-state index contributed by atoms with van der Waals surface area (Å²) in [5.41, 5.74) is 4.49. The van der Waals surface area contributed by atoms with Crippen molar-refractivity contribution in [1.29, 1.82) is 0 Å². The summed E-state index contributed by atoms with van der Waals surface area (Å²) in [6.07, 6.45) is 3.86. The minimum Gasteiger partial charge on any atom is -0.298 e. The van der Waals surface area contributed by atoms with Crippen LogP contribution in [0.4, 0.5) is 0 Å². The van der Waals surface area contributed by atoms with Gasteiger partial charge in [-0.1, -0.05) is 56.6 Å². The molecule has 0 spiro atoms. The molecule has 0 saturated heterocycles. The quantitative estimate of drug-likeness (QED) is 0.618. The van der Waals surface area contributed by atoms with Crippen LogP contribution in [0.25, 0.3) is 16.9 Å². The van der Waals surface area contributed by atoms with E-state index in [1.54, 1.807) is 0 Å². The molecule has 102 valence electrons. The molecule has 0 radical (unpaired) electrons. The Kier molecular flexibility index (Phi) is 3.06. The number of benzene rings is 1. The lowest BCUT2D eigenvalue weighted by Gasteiger charge is -2.19. The maximum Gasteiger partial charge on any atom is 0.156 e. The summed E-state index contributed by atoms with van der Waals surface area (Å²) in [6, 6.07) is 12.4. The predicted molar refractivity (Wildman–Crippen MR) is 84.3 cm³/mol. The van der Waals surface area contributed by atoms with E-state index in [0.29, 0.717) is 5.02 Å². The lowest BCUT2D eigenvalue weighted by atomic mass is 9.86. The third kappa shape index (κ3) is 2.20. The van der Waals surface area contributed by atoms with Crippen LogP contribution in [0, 0.1) is 0 Å². The fourth-order valence-electron chi connectivity index (χ4n) is 2.33. The molecule has 3 aromatic rings. The zero-order valence-corrected chi connectivity index (χ0v) is 12.6. The van der Waals surface area contributed by atoms with Crippen molar-refractivity contribution in [2.75, 3.05) is 0 Å². The molecular formula is C17H17ClN2. The second kappa shape index (κ2) is 4.64. The molecule has 2 heterocycles. The van der Waals surface area contributed by atoms with Crippen LogP contribution in [0.2, 0.25) is 5.02 Å².